The average Bonchev–Trinajstić information content (AvgIpc) is 3.51. The highest BCUT2D eigenvalue weighted by Gasteiger charge is 2.19. The molecule has 0 atom stereocenters. The molecule has 3 heteroatoms. The normalized spacial score (nSPS) is 13.6. The van der Waals surface area contributed by atoms with Gasteiger partial charge < -0.3 is 10.1 Å². The van der Waals surface area contributed by atoms with E-state index in [1.807, 2.05) is 42.6 Å². The van der Waals surface area contributed by atoms with Gasteiger partial charge in [-0.15, -0.1) is 0 Å². The molecule has 3 nitrogen and oxygen atoms in total. The van der Waals surface area contributed by atoms with E-state index in [1.54, 1.807) is 0 Å². The molecule has 4 rings (SSSR count). The monoisotopic (exact) mass is 330 g/mol. The van der Waals surface area contributed by atoms with Crippen LogP contribution in [0.4, 0.5) is 0 Å². The highest BCUT2D eigenvalue weighted by molar-refractivity contribution is 5.61. The molecule has 3 aromatic rings. The summed E-state index contributed by atoms with van der Waals surface area (Å²) in [5.41, 5.74) is 4.44. The van der Waals surface area contributed by atoms with E-state index in [1.165, 1.54) is 24.0 Å². The van der Waals surface area contributed by atoms with Crippen LogP contribution in [0, 0.1) is 0 Å². The van der Waals surface area contributed by atoms with Crippen LogP contribution in [-0.2, 0) is 13.2 Å². The van der Waals surface area contributed by atoms with Crippen molar-refractivity contribution in [1.82, 2.24) is 10.3 Å². The van der Waals surface area contributed by atoms with Crippen LogP contribution in [0.1, 0.15) is 24.0 Å². The average molecular weight is 330 g/mol. The second-order valence-electron chi connectivity index (χ2n) is 6.51. The molecule has 1 saturated carbocycles. The van der Waals surface area contributed by atoms with Crippen LogP contribution in [0.3, 0.4) is 0 Å². The molecule has 126 valence electrons. The molecule has 1 heterocycles. The minimum atomic E-state index is 0.573. The van der Waals surface area contributed by atoms with Gasteiger partial charge in [-0.2, -0.15) is 0 Å². The number of nitrogens with one attached hydrogen (secondary N) is 1. The van der Waals surface area contributed by atoms with Crippen molar-refractivity contribution < 1.29 is 4.74 Å². The molecule has 0 amide bonds. The van der Waals surface area contributed by atoms with Gasteiger partial charge in [-0.3, -0.25) is 4.98 Å². The topological polar surface area (TPSA) is 34.1 Å². The van der Waals surface area contributed by atoms with Gasteiger partial charge in [-0.25, -0.2) is 0 Å². The third-order valence-electron chi connectivity index (χ3n) is 4.38. The number of rotatable bonds is 7. The molecule has 1 aromatic heterocycles. The van der Waals surface area contributed by atoms with Crippen molar-refractivity contribution in [2.24, 2.45) is 0 Å². The summed E-state index contributed by atoms with van der Waals surface area (Å²) in [6, 6.07) is 23.3. The SMILES string of the molecule is c1ccc(COc2cccc(-c3ccc(CNC4CC4)cn3)c2)cc1. The molecule has 0 saturated heterocycles. The maximum Gasteiger partial charge on any atom is 0.120 e. The van der Waals surface area contributed by atoms with Gasteiger partial charge in [0.05, 0.1) is 5.69 Å². The number of ether oxygens (including phenoxy) is 1. The first-order valence-corrected chi connectivity index (χ1v) is 8.82. The zero-order chi connectivity index (χ0) is 16.9. The summed E-state index contributed by atoms with van der Waals surface area (Å²) in [5.74, 6) is 0.864. The Morgan fingerprint density at radius 2 is 1.80 bits per heavy atom. The fourth-order valence-electron chi connectivity index (χ4n) is 2.74. The van der Waals surface area contributed by atoms with E-state index in [9.17, 15) is 0 Å². The highest BCUT2D eigenvalue weighted by atomic mass is 16.5. The lowest BCUT2D eigenvalue weighted by Crippen LogP contribution is -2.15. The molecule has 1 aliphatic rings. The van der Waals surface area contributed by atoms with E-state index in [0.29, 0.717) is 6.61 Å². The Balaban J connectivity index is 1.41. The van der Waals surface area contributed by atoms with Gasteiger partial charge in [0.2, 0.25) is 0 Å². The van der Waals surface area contributed by atoms with Gasteiger partial charge in [0.25, 0.3) is 0 Å². The van der Waals surface area contributed by atoms with Crippen LogP contribution in [0.5, 0.6) is 5.75 Å². The van der Waals surface area contributed by atoms with Crippen LogP contribution in [0.15, 0.2) is 72.9 Å². The highest BCUT2D eigenvalue weighted by Crippen LogP contribution is 2.23. The quantitative estimate of drug-likeness (QED) is 0.688. The fraction of sp³-hybridized carbons (Fsp3) is 0.227. The molecule has 1 aliphatic carbocycles. The zero-order valence-electron chi connectivity index (χ0n) is 14.2. The molecule has 0 unspecified atom stereocenters. The lowest BCUT2D eigenvalue weighted by Gasteiger charge is -2.09. The van der Waals surface area contributed by atoms with E-state index >= 15 is 0 Å². The number of hydrogen-bond donors (Lipinski definition) is 1. The Kier molecular flexibility index (Phi) is 4.75. The molecule has 0 radical (unpaired) electrons. The molecule has 25 heavy (non-hydrogen) atoms. The minimum Gasteiger partial charge on any atom is -0.489 e. The summed E-state index contributed by atoms with van der Waals surface area (Å²) >= 11 is 0. The Morgan fingerprint density at radius 3 is 2.56 bits per heavy atom. The zero-order valence-corrected chi connectivity index (χ0v) is 14.2. The van der Waals surface area contributed by atoms with Gasteiger partial charge in [-0.05, 0) is 42.2 Å². The third kappa shape index (κ3) is 4.46. The van der Waals surface area contributed by atoms with Crippen molar-refractivity contribution >= 4 is 0 Å². The van der Waals surface area contributed by atoms with Crippen molar-refractivity contribution in [2.45, 2.75) is 32.0 Å². The minimum absolute atomic E-state index is 0.573. The van der Waals surface area contributed by atoms with Crippen molar-refractivity contribution in [1.29, 1.82) is 0 Å². The lowest BCUT2D eigenvalue weighted by molar-refractivity contribution is 0.306. The van der Waals surface area contributed by atoms with Gasteiger partial charge >= 0.3 is 0 Å². The van der Waals surface area contributed by atoms with Crippen molar-refractivity contribution in [3.05, 3.63) is 84.1 Å². The summed E-state index contributed by atoms with van der Waals surface area (Å²) in [4.78, 5) is 4.61. The van der Waals surface area contributed by atoms with Gasteiger partial charge in [0.15, 0.2) is 0 Å². The largest absolute Gasteiger partial charge is 0.489 e. The maximum absolute atomic E-state index is 5.91. The molecule has 0 bridgehead atoms. The summed E-state index contributed by atoms with van der Waals surface area (Å²) in [5, 5.41) is 3.51. The molecular formula is C22H22N2O. The molecule has 1 fully saturated rings. The number of aromatic nitrogens is 1. The maximum atomic E-state index is 5.91. The van der Waals surface area contributed by atoms with Crippen LogP contribution in [0.25, 0.3) is 11.3 Å². The first-order valence-electron chi connectivity index (χ1n) is 8.82. The van der Waals surface area contributed by atoms with E-state index in [0.717, 1.165) is 29.6 Å². The molecule has 0 spiro atoms. The number of benzene rings is 2. The van der Waals surface area contributed by atoms with E-state index in [2.05, 4.69) is 40.6 Å². The Labute approximate surface area is 148 Å². The van der Waals surface area contributed by atoms with Crippen molar-refractivity contribution in [2.75, 3.05) is 0 Å². The summed E-state index contributed by atoms with van der Waals surface area (Å²) in [7, 11) is 0. The first-order chi connectivity index (χ1) is 12.4. The number of hydrogen-bond acceptors (Lipinski definition) is 3. The standard InChI is InChI=1S/C22H22N2O/c1-2-5-17(6-3-1)16-25-21-8-4-7-19(13-21)22-12-9-18(15-24-22)14-23-20-10-11-20/h1-9,12-13,15,20,23H,10-11,14,16H2. The van der Waals surface area contributed by atoms with Crippen LogP contribution in [-0.4, -0.2) is 11.0 Å². The van der Waals surface area contributed by atoms with Crippen LogP contribution < -0.4 is 10.1 Å². The molecule has 2 aromatic carbocycles. The van der Waals surface area contributed by atoms with Gasteiger partial charge in [0, 0.05) is 24.3 Å². The predicted molar refractivity (Wildman–Crippen MR) is 100 cm³/mol. The second-order valence-corrected chi connectivity index (χ2v) is 6.51. The van der Waals surface area contributed by atoms with Crippen molar-refractivity contribution in [3.8, 4) is 17.0 Å². The summed E-state index contributed by atoms with van der Waals surface area (Å²) < 4.78 is 5.91. The number of nitrogens with zero attached hydrogens (tertiary/aromatic N) is 1. The van der Waals surface area contributed by atoms with Gasteiger partial charge in [-0.1, -0.05) is 48.5 Å². The Morgan fingerprint density at radius 1 is 0.920 bits per heavy atom. The van der Waals surface area contributed by atoms with E-state index in [-0.39, 0.29) is 0 Å². The molecule has 1 N–H and O–H groups in total. The Hall–Kier alpha value is -2.65. The molecule has 0 aliphatic heterocycles. The van der Waals surface area contributed by atoms with Gasteiger partial charge in [0.1, 0.15) is 12.4 Å². The van der Waals surface area contributed by atoms with Crippen molar-refractivity contribution in [3.63, 3.8) is 0 Å². The fourth-order valence-corrected chi connectivity index (χ4v) is 2.74. The second kappa shape index (κ2) is 7.49. The Bertz CT molecular complexity index is 811. The summed E-state index contributed by atoms with van der Waals surface area (Å²) in [6.07, 6.45) is 4.57. The first kappa shape index (κ1) is 15.9. The third-order valence-corrected chi connectivity index (χ3v) is 4.38. The van der Waals surface area contributed by atoms with E-state index < -0.39 is 0 Å². The smallest absolute Gasteiger partial charge is 0.120 e. The van der Waals surface area contributed by atoms with Crippen LogP contribution in [0.2, 0.25) is 0 Å². The predicted octanol–water partition coefficient (Wildman–Crippen LogP) is 4.58. The summed E-state index contributed by atoms with van der Waals surface area (Å²) in [6.45, 7) is 1.47. The number of pyridine rings is 1. The van der Waals surface area contributed by atoms with Crippen LogP contribution >= 0.6 is 0 Å². The lowest BCUT2D eigenvalue weighted by atomic mass is 10.1. The van der Waals surface area contributed by atoms with E-state index in [4.69, 9.17) is 4.74 Å². The molecular weight excluding hydrogens is 308 g/mol.